The molecule has 0 aliphatic carbocycles. The maximum atomic E-state index is 10.3. The normalized spacial score (nSPS) is 11.3. The van der Waals surface area contributed by atoms with E-state index in [1.165, 1.54) is 11.3 Å². The average molecular weight is 326 g/mol. The molecule has 0 amide bonds. The third-order valence-electron chi connectivity index (χ3n) is 3.40. The third kappa shape index (κ3) is 3.68. The zero-order valence-corrected chi connectivity index (χ0v) is 13.7. The Kier molecular flexibility index (Phi) is 4.88. The van der Waals surface area contributed by atoms with Crippen molar-refractivity contribution < 1.29 is 9.84 Å². The van der Waals surface area contributed by atoms with Gasteiger partial charge in [-0.2, -0.15) is 0 Å². The molecule has 3 rings (SSSR count). The van der Waals surface area contributed by atoms with Gasteiger partial charge in [0, 0.05) is 41.2 Å². The van der Waals surface area contributed by atoms with Crippen LogP contribution in [0.4, 0.5) is 0 Å². The molecule has 2 aromatic heterocycles. The molecule has 0 fully saturated rings. The quantitative estimate of drug-likeness (QED) is 0.695. The van der Waals surface area contributed by atoms with Crippen molar-refractivity contribution in [3.8, 4) is 11.5 Å². The van der Waals surface area contributed by atoms with Crippen molar-refractivity contribution in [3.05, 3.63) is 53.2 Å². The number of benzene rings is 1. The maximum absolute atomic E-state index is 10.3. The van der Waals surface area contributed by atoms with Gasteiger partial charge in [-0.15, -0.1) is 11.3 Å². The van der Waals surface area contributed by atoms with Gasteiger partial charge < -0.3 is 9.84 Å². The van der Waals surface area contributed by atoms with Crippen molar-refractivity contribution >= 4 is 27.6 Å². The average Bonchev–Trinajstić information content (AvgIpc) is 2.89. The van der Waals surface area contributed by atoms with Crippen molar-refractivity contribution in [2.75, 3.05) is 13.2 Å². The fraction of sp³-hybridized carbons (Fsp3) is 0.222. The Balaban J connectivity index is 1.72. The molecular weight excluding hydrogens is 308 g/mol. The zero-order chi connectivity index (χ0) is 16.1. The molecule has 2 heterocycles. The Morgan fingerprint density at radius 3 is 3.00 bits per heavy atom. The van der Waals surface area contributed by atoms with E-state index >= 15 is 0 Å². The lowest BCUT2D eigenvalue weighted by Crippen LogP contribution is -1.92. The second-order valence-corrected chi connectivity index (χ2v) is 6.10. The van der Waals surface area contributed by atoms with Crippen LogP contribution < -0.4 is 4.74 Å². The van der Waals surface area contributed by atoms with Gasteiger partial charge >= 0.3 is 0 Å². The summed E-state index contributed by atoms with van der Waals surface area (Å²) in [6, 6.07) is 11.6. The summed E-state index contributed by atoms with van der Waals surface area (Å²) >= 11 is 1.53. The lowest BCUT2D eigenvalue weighted by Gasteiger charge is -2.01. The first-order valence-electron chi connectivity index (χ1n) is 7.56. The van der Waals surface area contributed by atoms with Gasteiger partial charge in [-0.3, -0.25) is 9.98 Å². The van der Waals surface area contributed by atoms with Crippen LogP contribution >= 0.6 is 11.3 Å². The van der Waals surface area contributed by atoms with E-state index in [-0.39, 0.29) is 5.75 Å². The van der Waals surface area contributed by atoms with E-state index in [4.69, 9.17) is 4.74 Å². The van der Waals surface area contributed by atoms with Crippen LogP contribution in [-0.4, -0.2) is 29.5 Å². The highest BCUT2D eigenvalue weighted by molar-refractivity contribution is 7.21. The summed E-state index contributed by atoms with van der Waals surface area (Å²) in [5.41, 5.74) is 1.02. The van der Waals surface area contributed by atoms with E-state index in [9.17, 15) is 5.11 Å². The number of hydrogen-bond donors (Lipinski definition) is 1. The standard InChI is InChI=1S/C18H18N2O2S/c1-2-22-14-6-7-16-15(11-14)18(21)17(23-16)12-19-10-8-13-5-3-4-9-20-13/h3-7,9,11-12,21H,2,8,10H2,1H3. The van der Waals surface area contributed by atoms with Crippen LogP contribution in [0.15, 0.2) is 47.6 Å². The van der Waals surface area contributed by atoms with Gasteiger partial charge in [-0.05, 0) is 37.3 Å². The lowest BCUT2D eigenvalue weighted by atomic mass is 10.2. The Hall–Kier alpha value is -2.40. The number of ether oxygens (including phenoxy) is 1. The first-order valence-corrected chi connectivity index (χ1v) is 8.37. The van der Waals surface area contributed by atoms with Gasteiger partial charge in [-0.1, -0.05) is 6.07 Å². The fourth-order valence-electron chi connectivity index (χ4n) is 2.30. The largest absolute Gasteiger partial charge is 0.506 e. The van der Waals surface area contributed by atoms with Crippen molar-refractivity contribution in [2.24, 2.45) is 4.99 Å². The summed E-state index contributed by atoms with van der Waals surface area (Å²) in [6.07, 6.45) is 4.31. The molecule has 0 atom stereocenters. The minimum absolute atomic E-state index is 0.271. The van der Waals surface area contributed by atoms with E-state index in [0.29, 0.717) is 13.2 Å². The Morgan fingerprint density at radius 1 is 1.30 bits per heavy atom. The number of thiophene rings is 1. The van der Waals surface area contributed by atoms with Crippen molar-refractivity contribution in [1.82, 2.24) is 4.98 Å². The monoisotopic (exact) mass is 326 g/mol. The molecular formula is C18H18N2O2S. The molecule has 0 aliphatic rings. The lowest BCUT2D eigenvalue weighted by molar-refractivity contribution is 0.340. The van der Waals surface area contributed by atoms with Gasteiger partial charge in [0.05, 0.1) is 11.5 Å². The van der Waals surface area contributed by atoms with Crippen molar-refractivity contribution in [2.45, 2.75) is 13.3 Å². The van der Waals surface area contributed by atoms with E-state index in [1.807, 2.05) is 43.3 Å². The summed E-state index contributed by atoms with van der Waals surface area (Å²) in [7, 11) is 0. The predicted molar refractivity (Wildman–Crippen MR) is 95.1 cm³/mol. The van der Waals surface area contributed by atoms with Gasteiger partial charge in [0.15, 0.2) is 0 Å². The van der Waals surface area contributed by atoms with E-state index < -0.39 is 0 Å². The second-order valence-electron chi connectivity index (χ2n) is 5.01. The van der Waals surface area contributed by atoms with Crippen LogP contribution in [0, 0.1) is 0 Å². The summed E-state index contributed by atoms with van der Waals surface area (Å²) in [5, 5.41) is 11.2. The van der Waals surface area contributed by atoms with Gasteiger partial charge in [0.1, 0.15) is 11.5 Å². The van der Waals surface area contributed by atoms with Crippen LogP contribution in [0.3, 0.4) is 0 Å². The fourth-order valence-corrected chi connectivity index (χ4v) is 3.27. The van der Waals surface area contributed by atoms with E-state index in [2.05, 4.69) is 9.98 Å². The topological polar surface area (TPSA) is 54.7 Å². The van der Waals surface area contributed by atoms with Crippen LogP contribution in [0.25, 0.3) is 10.1 Å². The molecule has 0 aliphatic heterocycles. The van der Waals surface area contributed by atoms with E-state index in [0.717, 1.165) is 32.8 Å². The summed E-state index contributed by atoms with van der Waals surface area (Å²) < 4.78 is 6.50. The molecule has 0 radical (unpaired) electrons. The SMILES string of the molecule is CCOc1ccc2sc(C=NCCc3ccccn3)c(O)c2c1. The highest BCUT2D eigenvalue weighted by atomic mass is 32.1. The molecule has 0 unspecified atom stereocenters. The Labute approximate surface area is 139 Å². The number of nitrogens with zero attached hydrogens (tertiary/aromatic N) is 2. The predicted octanol–water partition coefficient (Wildman–Crippen LogP) is 4.06. The molecule has 5 heteroatoms. The van der Waals surface area contributed by atoms with Crippen LogP contribution in [0.2, 0.25) is 0 Å². The number of pyridine rings is 1. The highest BCUT2D eigenvalue weighted by Gasteiger charge is 2.10. The van der Waals surface area contributed by atoms with Crippen LogP contribution in [0.1, 0.15) is 17.5 Å². The zero-order valence-electron chi connectivity index (χ0n) is 12.9. The highest BCUT2D eigenvalue weighted by Crippen LogP contribution is 2.37. The first kappa shape index (κ1) is 15.5. The minimum atomic E-state index is 0.271. The molecule has 1 N–H and O–H groups in total. The smallest absolute Gasteiger partial charge is 0.143 e. The number of hydrogen-bond acceptors (Lipinski definition) is 5. The molecule has 0 saturated carbocycles. The number of aromatic nitrogens is 1. The number of fused-ring (bicyclic) bond motifs is 1. The number of rotatable bonds is 6. The first-order chi connectivity index (χ1) is 11.3. The van der Waals surface area contributed by atoms with Crippen LogP contribution in [0.5, 0.6) is 11.5 Å². The molecule has 0 spiro atoms. The van der Waals surface area contributed by atoms with Crippen LogP contribution in [-0.2, 0) is 6.42 Å². The molecule has 0 bridgehead atoms. The molecule has 4 nitrogen and oxygen atoms in total. The van der Waals surface area contributed by atoms with Gasteiger partial charge in [0.25, 0.3) is 0 Å². The molecule has 0 saturated heterocycles. The Bertz CT molecular complexity index is 813. The minimum Gasteiger partial charge on any atom is -0.506 e. The number of aromatic hydroxyl groups is 1. The molecule has 1 aromatic carbocycles. The summed E-state index contributed by atoms with van der Waals surface area (Å²) in [5.74, 6) is 1.04. The summed E-state index contributed by atoms with van der Waals surface area (Å²) in [6.45, 7) is 3.20. The Morgan fingerprint density at radius 2 is 2.22 bits per heavy atom. The van der Waals surface area contributed by atoms with E-state index in [1.54, 1.807) is 12.4 Å². The summed E-state index contributed by atoms with van der Waals surface area (Å²) in [4.78, 5) is 9.45. The third-order valence-corrected chi connectivity index (χ3v) is 4.50. The van der Waals surface area contributed by atoms with Crippen molar-refractivity contribution in [3.63, 3.8) is 0 Å². The maximum Gasteiger partial charge on any atom is 0.143 e. The van der Waals surface area contributed by atoms with Crippen molar-refractivity contribution in [1.29, 1.82) is 0 Å². The molecule has 3 aromatic rings. The molecule has 23 heavy (non-hydrogen) atoms. The van der Waals surface area contributed by atoms with Gasteiger partial charge in [0.2, 0.25) is 0 Å². The second kappa shape index (κ2) is 7.24. The molecule has 118 valence electrons. The number of aliphatic imine (C=N–C) groups is 1. The van der Waals surface area contributed by atoms with Gasteiger partial charge in [-0.25, -0.2) is 0 Å².